The molecule has 0 fully saturated rings. The number of carbonyl (C=O) groups excluding carboxylic acids is 2. The van der Waals surface area contributed by atoms with Gasteiger partial charge in [0, 0.05) is 0 Å². The minimum atomic E-state index is 0.0440. The number of hydrogen-bond donors (Lipinski definition) is 0. The summed E-state index contributed by atoms with van der Waals surface area (Å²) in [4.78, 5) is 19.8. The van der Waals surface area contributed by atoms with Crippen molar-refractivity contribution >= 4 is 11.6 Å². The first-order valence-electron chi connectivity index (χ1n) is 4.22. The standard InChI is InChI=1S/C10H7O.C3H6O/c1-3-4-5-6-7-8-9-10(2)11;1-3(2)4/h1,9H2,2H3;1-2H3/q-1;. The second kappa shape index (κ2) is 11.9. The van der Waals surface area contributed by atoms with Crippen LogP contribution in [0.1, 0.15) is 27.2 Å². The van der Waals surface area contributed by atoms with E-state index in [1.54, 1.807) is 0 Å². The first kappa shape index (κ1) is 15.4. The van der Waals surface area contributed by atoms with Gasteiger partial charge >= 0.3 is 0 Å². The molecule has 15 heavy (non-hydrogen) atoms. The van der Waals surface area contributed by atoms with Gasteiger partial charge in [-0.1, -0.05) is 5.92 Å². The third-order valence-corrected chi connectivity index (χ3v) is 0.702. The highest BCUT2D eigenvalue weighted by Crippen LogP contribution is 1.74. The van der Waals surface area contributed by atoms with Crippen LogP contribution in [0.5, 0.6) is 0 Å². The monoisotopic (exact) mass is 201 g/mol. The van der Waals surface area contributed by atoms with Gasteiger partial charge in [0.15, 0.2) is 0 Å². The van der Waals surface area contributed by atoms with Crippen molar-refractivity contribution in [1.29, 1.82) is 0 Å². The molecule has 0 aromatic rings. The lowest BCUT2D eigenvalue weighted by Crippen LogP contribution is -1.83. The summed E-state index contributed by atoms with van der Waals surface area (Å²) in [6, 6.07) is 0. The van der Waals surface area contributed by atoms with Gasteiger partial charge in [0.2, 0.25) is 0 Å². The molecule has 0 aromatic carbocycles. The minimum Gasteiger partial charge on any atom is -0.300 e. The zero-order chi connectivity index (χ0) is 12.1. The molecule has 0 amide bonds. The Morgan fingerprint density at radius 2 is 1.47 bits per heavy atom. The molecule has 0 N–H and O–H groups in total. The number of carbonyl (C=O) groups is 2. The summed E-state index contributed by atoms with van der Waals surface area (Å²) in [5, 5.41) is 0. The van der Waals surface area contributed by atoms with Gasteiger partial charge in [0.1, 0.15) is 11.6 Å². The summed E-state index contributed by atoms with van der Waals surface area (Å²) in [6.45, 7) is 7.81. The van der Waals surface area contributed by atoms with Crippen LogP contribution >= 0.6 is 0 Å². The van der Waals surface area contributed by atoms with E-state index in [0.717, 1.165) is 0 Å². The first-order chi connectivity index (χ1) is 7.00. The third kappa shape index (κ3) is 33.5. The van der Waals surface area contributed by atoms with Crippen LogP contribution in [-0.2, 0) is 9.59 Å². The van der Waals surface area contributed by atoms with Crippen LogP contribution < -0.4 is 0 Å². The lowest BCUT2D eigenvalue weighted by atomic mass is 10.3. The van der Waals surface area contributed by atoms with Gasteiger partial charge in [-0.05, 0) is 32.6 Å². The molecule has 0 aliphatic carbocycles. The average molecular weight is 201 g/mol. The molecule has 2 nitrogen and oxygen atoms in total. The van der Waals surface area contributed by atoms with E-state index >= 15 is 0 Å². The summed E-state index contributed by atoms with van der Waals surface area (Å²) in [5.74, 6) is 15.0. The average Bonchev–Trinajstić information content (AvgIpc) is 2.09. The van der Waals surface area contributed by atoms with Crippen molar-refractivity contribution < 1.29 is 9.59 Å². The van der Waals surface area contributed by atoms with Crippen molar-refractivity contribution in [3.63, 3.8) is 0 Å². The molecular weight excluding hydrogens is 188 g/mol. The number of Topliss-reactive ketones (excluding diaryl/α,β-unsaturated/α-hetero) is 2. The lowest BCUT2D eigenvalue weighted by molar-refractivity contribution is -0.116. The maximum Gasteiger partial charge on any atom is 0.141 e. The van der Waals surface area contributed by atoms with Gasteiger partial charge in [0.05, 0.1) is 6.42 Å². The molecule has 0 aromatic heterocycles. The number of hydrogen-bond acceptors (Lipinski definition) is 2. The second-order valence-electron chi connectivity index (χ2n) is 2.64. The van der Waals surface area contributed by atoms with Crippen LogP contribution in [0.4, 0.5) is 0 Å². The Hall–Kier alpha value is -2.11. The molecule has 0 atom stereocenters. The smallest absolute Gasteiger partial charge is 0.141 e. The molecular formula is C13H13O2-. The first-order valence-corrected chi connectivity index (χ1v) is 4.22. The predicted molar refractivity (Wildman–Crippen MR) is 60.3 cm³/mol. The normalized spacial score (nSPS) is 5.80. The molecule has 78 valence electrons. The van der Waals surface area contributed by atoms with E-state index < -0.39 is 0 Å². The van der Waals surface area contributed by atoms with Crippen molar-refractivity contribution in [2.75, 3.05) is 0 Å². The zero-order valence-electron chi connectivity index (χ0n) is 9.23. The SMILES string of the molecule is CC(C)=O.[CH2-]C#CC#CC#CCC(C)=O. The quantitative estimate of drug-likeness (QED) is 0.475. The maximum absolute atomic E-state index is 10.3. The Bertz CT molecular complexity index is 379. The Balaban J connectivity index is 0. The Labute approximate surface area is 91.4 Å². The summed E-state index contributed by atoms with van der Waals surface area (Å²) < 4.78 is 0. The van der Waals surface area contributed by atoms with E-state index in [-0.39, 0.29) is 18.0 Å². The summed E-state index contributed by atoms with van der Waals surface area (Å²) in [6.07, 6.45) is 0.256. The molecule has 0 unspecified atom stereocenters. The van der Waals surface area contributed by atoms with Gasteiger partial charge in [-0.25, -0.2) is 5.92 Å². The third-order valence-electron chi connectivity index (χ3n) is 0.702. The Kier molecular flexibility index (Phi) is 12.2. The van der Waals surface area contributed by atoms with Crippen LogP contribution in [-0.4, -0.2) is 11.6 Å². The zero-order valence-corrected chi connectivity index (χ0v) is 9.23. The van der Waals surface area contributed by atoms with Crippen molar-refractivity contribution in [3.8, 4) is 35.5 Å². The number of ketones is 2. The van der Waals surface area contributed by atoms with E-state index in [2.05, 4.69) is 42.4 Å². The lowest BCUT2D eigenvalue weighted by Gasteiger charge is -1.74. The maximum atomic E-state index is 10.3. The summed E-state index contributed by atoms with van der Waals surface area (Å²) in [5.41, 5.74) is 0. The predicted octanol–water partition coefficient (Wildman–Crippen LogP) is 1.41. The fourth-order valence-electron chi connectivity index (χ4n) is 0.320. The topological polar surface area (TPSA) is 34.1 Å². The van der Waals surface area contributed by atoms with E-state index in [0.29, 0.717) is 0 Å². The molecule has 0 aliphatic heterocycles. The van der Waals surface area contributed by atoms with Gasteiger partial charge in [-0.2, -0.15) is 6.92 Å². The van der Waals surface area contributed by atoms with Crippen LogP contribution in [0.15, 0.2) is 0 Å². The summed E-state index contributed by atoms with van der Waals surface area (Å²) in [7, 11) is 0. The fraction of sp³-hybridized carbons (Fsp3) is 0.308. The molecule has 0 spiro atoms. The molecule has 0 saturated heterocycles. The van der Waals surface area contributed by atoms with E-state index in [1.807, 2.05) is 0 Å². The molecule has 0 radical (unpaired) electrons. The second-order valence-corrected chi connectivity index (χ2v) is 2.64. The summed E-state index contributed by atoms with van der Waals surface area (Å²) >= 11 is 0. The largest absolute Gasteiger partial charge is 0.300 e. The van der Waals surface area contributed by atoms with Crippen molar-refractivity contribution in [1.82, 2.24) is 0 Å². The van der Waals surface area contributed by atoms with Crippen molar-refractivity contribution in [2.45, 2.75) is 27.2 Å². The van der Waals surface area contributed by atoms with E-state index in [9.17, 15) is 9.59 Å². The van der Waals surface area contributed by atoms with Crippen LogP contribution in [0.25, 0.3) is 0 Å². The van der Waals surface area contributed by atoms with Crippen molar-refractivity contribution in [3.05, 3.63) is 6.92 Å². The molecule has 0 rings (SSSR count). The molecule has 0 heterocycles. The Morgan fingerprint density at radius 1 is 1.00 bits per heavy atom. The van der Waals surface area contributed by atoms with Crippen LogP contribution in [0, 0.1) is 42.4 Å². The Morgan fingerprint density at radius 3 is 1.87 bits per heavy atom. The van der Waals surface area contributed by atoms with Crippen molar-refractivity contribution in [2.24, 2.45) is 0 Å². The highest BCUT2D eigenvalue weighted by Gasteiger charge is 1.82. The van der Waals surface area contributed by atoms with Crippen LogP contribution in [0.3, 0.4) is 0 Å². The number of rotatable bonds is 1. The molecule has 0 bridgehead atoms. The minimum absolute atomic E-state index is 0.0440. The molecule has 0 aliphatic rings. The molecule has 0 saturated carbocycles. The fourth-order valence-corrected chi connectivity index (χ4v) is 0.320. The van der Waals surface area contributed by atoms with Crippen LogP contribution in [0.2, 0.25) is 0 Å². The van der Waals surface area contributed by atoms with E-state index in [1.165, 1.54) is 20.8 Å². The highest BCUT2D eigenvalue weighted by atomic mass is 16.1. The van der Waals surface area contributed by atoms with Gasteiger partial charge < -0.3 is 4.79 Å². The highest BCUT2D eigenvalue weighted by molar-refractivity contribution is 5.78. The van der Waals surface area contributed by atoms with Gasteiger partial charge in [-0.15, -0.1) is 5.92 Å². The van der Waals surface area contributed by atoms with Gasteiger partial charge in [-0.3, -0.25) is 10.7 Å². The van der Waals surface area contributed by atoms with Gasteiger partial charge in [0.25, 0.3) is 0 Å². The molecule has 2 heteroatoms. The van der Waals surface area contributed by atoms with E-state index in [4.69, 9.17) is 0 Å².